The van der Waals surface area contributed by atoms with Crippen LogP contribution < -0.4 is 16.0 Å². The average Bonchev–Trinajstić information content (AvgIpc) is 2.32. The summed E-state index contributed by atoms with van der Waals surface area (Å²) in [6.45, 7) is 4.19. The van der Waals surface area contributed by atoms with Gasteiger partial charge >= 0.3 is 0 Å². The van der Waals surface area contributed by atoms with E-state index in [-0.39, 0.29) is 36.4 Å². The summed E-state index contributed by atoms with van der Waals surface area (Å²) in [5.41, 5.74) is 0. The van der Waals surface area contributed by atoms with Crippen molar-refractivity contribution < 1.29 is 14.4 Å². The van der Waals surface area contributed by atoms with Gasteiger partial charge in [0.15, 0.2) is 0 Å². The van der Waals surface area contributed by atoms with Gasteiger partial charge in [-0.15, -0.1) is 0 Å². The van der Waals surface area contributed by atoms with Crippen LogP contribution >= 0.6 is 12.6 Å². The van der Waals surface area contributed by atoms with Crippen LogP contribution in [0.5, 0.6) is 0 Å². The van der Waals surface area contributed by atoms with Crippen molar-refractivity contribution >= 4 is 30.4 Å². The van der Waals surface area contributed by atoms with E-state index in [1.54, 1.807) is 0 Å². The smallest absolute Gasteiger partial charge is 0.243 e. The van der Waals surface area contributed by atoms with Crippen molar-refractivity contribution in [2.45, 2.75) is 32.7 Å². The molecule has 3 N–H and O–H groups in total. The Morgan fingerprint density at radius 1 is 1.17 bits per heavy atom. The Balaban J connectivity index is 3.87. The van der Waals surface area contributed by atoms with Gasteiger partial charge in [0.25, 0.3) is 0 Å². The molecule has 0 rings (SSSR count). The lowest BCUT2D eigenvalue weighted by atomic mass is 10.3. The van der Waals surface area contributed by atoms with E-state index in [1.165, 1.54) is 6.92 Å². The molecular weight excluding hydrogens is 254 g/mol. The maximum Gasteiger partial charge on any atom is 0.243 e. The minimum atomic E-state index is -0.662. The number of amides is 3. The van der Waals surface area contributed by atoms with Gasteiger partial charge in [-0.3, -0.25) is 14.4 Å². The molecule has 0 heterocycles. The summed E-state index contributed by atoms with van der Waals surface area (Å²) in [6, 6.07) is -0.662. The van der Waals surface area contributed by atoms with E-state index >= 15 is 0 Å². The molecule has 0 radical (unpaired) electrons. The minimum Gasteiger partial charge on any atom is -0.356 e. The van der Waals surface area contributed by atoms with Crippen LogP contribution in [0.15, 0.2) is 0 Å². The fraction of sp³-hybridized carbons (Fsp3) is 0.727. The molecule has 1 atom stereocenters. The molecule has 0 aliphatic heterocycles. The maximum absolute atomic E-state index is 11.6. The first-order valence-corrected chi connectivity index (χ1v) is 6.56. The summed E-state index contributed by atoms with van der Waals surface area (Å²) in [5.74, 6) is -0.500. The standard InChI is InChI=1S/C11H21N3O3S/c1-3-5-12-10(16)4-6-13-11(17)9(7-18)14-8(2)15/h9,18H,3-7H2,1-2H3,(H,12,16)(H,13,17)(H,14,15). The Kier molecular flexibility index (Phi) is 9.08. The first-order valence-electron chi connectivity index (χ1n) is 5.93. The maximum atomic E-state index is 11.6. The second-order valence-electron chi connectivity index (χ2n) is 3.83. The van der Waals surface area contributed by atoms with Gasteiger partial charge in [-0.2, -0.15) is 12.6 Å². The number of thiol groups is 1. The van der Waals surface area contributed by atoms with Crippen LogP contribution in [0.25, 0.3) is 0 Å². The zero-order valence-corrected chi connectivity index (χ0v) is 11.7. The number of carbonyl (C=O) groups is 3. The topological polar surface area (TPSA) is 87.3 Å². The average molecular weight is 275 g/mol. The molecule has 0 aromatic heterocycles. The summed E-state index contributed by atoms with van der Waals surface area (Å²) in [6.07, 6.45) is 1.10. The van der Waals surface area contributed by atoms with Crippen molar-refractivity contribution in [1.82, 2.24) is 16.0 Å². The molecule has 6 nitrogen and oxygen atoms in total. The quantitative estimate of drug-likeness (QED) is 0.448. The molecule has 0 saturated heterocycles. The second-order valence-corrected chi connectivity index (χ2v) is 4.19. The third-order valence-corrected chi connectivity index (χ3v) is 2.47. The summed E-state index contributed by atoms with van der Waals surface area (Å²) >= 11 is 3.98. The van der Waals surface area contributed by atoms with Crippen LogP contribution in [0.3, 0.4) is 0 Å². The van der Waals surface area contributed by atoms with E-state index < -0.39 is 6.04 Å². The van der Waals surface area contributed by atoms with Crippen LogP contribution in [0.2, 0.25) is 0 Å². The van der Waals surface area contributed by atoms with E-state index in [0.717, 1.165) is 6.42 Å². The largest absolute Gasteiger partial charge is 0.356 e. The molecule has 0 aliphatic carbocycles. The van der Waals surface area contributed by atoms with Gasteiger partial charge in [-0.05, 0) is 6.42 Å². The van der Waals surface area contributed by atoms with Crippen LogP contribution in [0.1, 0.15) is 26.7 Å². The molecule has 1 unspecified atom stereocenters. The molecule has 0 fully saturated rings. The molecular formula is C11H21N3O3S. The summed E-state index contributed by atoms with van der Waals surface area (Å²) < 4.78 is 0. The highest BCUT2D eigenvalue weighted by molar-refractivity contribution is 7.80. The lowest BCUT2D eigenvalue weighted by Crippen LogP contribution is -2.47. The normalized spacial score (nSPS) is 11.5. The van der Waals surface area contributed by atoms with E-state index in [1.807, 2.05) is 6.92 Å². The van der Waals surface area contributed by atoms with Gasteiger partial charge in [0.2, 0.25) is 17.7 Å². The summed E-state index contributed by atoms with van der Waals surface area (Å²) in [5, 5.41) is 7.76. The number of carbonyl (C=O) groups excluding carboxylic acids is 3. The SMILES string of the molecule is CCCNC(=O)CCNC(=O)C(CS)NC(C)=O. The van der Waals surface area contributed by atoms with Crippen molar-refractivity contribution in [3.8, 4) is 0 Å². The highest BCUT2D eigenvalue weighted by atomic mass is 32.1. The molecule has 0 aliphatic rings. The minimum absolute atomic E-state index is 0.0981. The Morgan fingerprint density at radius 2 is 1.83 bits per heavy atom. The summed E-state index contributed by atoms with van der Waals surface area (Å²) in [4.78, 5) is 33.7. The Bertz CT molecular complexity index is 297. The summed E-state index contributed by atoms with van der Waals surface area (Å²) in [7, 11) is 0. The third-order valence-electron chi connectivity index (χ3n) is 2.10. The van der Waals surface area contributed by atoms with E-state index in [2.05, 4.69) is 28.6 Å². The van der Waals surface area contributed by atoms with Gasteiger partial charge < -0.3 is 16.0 Å². The van der Waals surface area contributed by atoms with Crippen LogP contribution in [-0.4, -0.2) is 42.6 Å². The van der Waals surface area contributed by atoms with E-state index in [4.69, 9.17) is 0 Å². The van der Waals surface area contributed by atoms with Crippen molar-refractivity contribution in [2.24, 2.45) is 0 Å². The Hall–Kier alpha value is -1.24. The first-order chi connectivity index (χ1) is 8.51. The van der Waals surface area contributed by atoms with Gasteiger partial charge in [0.05, 0.1) is 0 Å². The Morgan fingerprint density at radius 3 is 2.33 bits per heavy atom. The lowest BCUT2D eigenvalue weighted by Gasteiger charge is -2.15. The fourth-order valence-corrected chi connectivity index (χ4v) is 1.47. The number of hydrogen-bond acceptors (Lipinski definition) is 4. The van der Waals surface area contributed by atoms with Gasteiger partial charge in [0, 0.05) is 32.2 Å². The number of hydrogen-bond donors (Lipinski definition) is 4. The molecule has 0 saturated carbocycles. The van der Waals surface area contributed by atoms with Crippen molar-refractivity contribution in [3.05, 3.63) is 0 Å². The van der Waals surface area contributed by atoms with Crippen LogP contribution in [0, 0.1) is 0 Å². The number of rotatable bonds is 8. The molecule has 0 aromatic carbocycles. The lowest BCUT2D eigenvalue weighted by molar-refractivity contribution is -0.127. The van der Waals surface area contributed by atoms with Gasteiger partial charge in [0.1, 0.15) is 6.04 Å². The molecule has 18 heavy (non-hydrogen) atoms. The van der Waals surface area contributed by atoms with Crippen LogP contribution in [0.4, 0.5) is 0 Å². The second kappa shape index (κ2) is 9.76. The van der Waals surface area contributed by atoms with Crippen molar-refractivity contribution in [1.29, 1.82) is 0 Å². The molecule has 7 heteroatoms. The predicted octanol–water partition coefficient (Wildman–Crippen LogP) is -0.547. The zero-order valence-electron chi connectivity index (χ0n) is 10.8. The fourth-order valence-electron chi connectivity index (χ4n) is 1.21. The van der Waals surface area contributed by atoms with E-state index in [9.17, 15) is 14.4 Å². The molecule has 0 spiro atoms. The van der Waals surface area contributed by atoms with Crippen molar-refractivity contribution in [3.63, 3.8) is 0 Å². The van der Waals surface area contributed by atoms with Crippen molar-refractivity contribution in [2.75, 3.05) is 18.8 Å². The predicted molar refractivity (Wildman–Crippen MR) is 72.4 cm³/mol. The highest BCUT2D eigenvalue weighted by Crippen LogP contribution is 1.89. The molecule has 3 amide bonds. The number of nitrogens with one attached hydrogen (secondary N) is 3. The zero-order chi connectivity index (χ0) is 14.0. The Labute approximate surface area is 113 Å². The van der Waals surface area contributed by atoms with Crippen LogP contribution in [-0.2, 0) is 14.4 Å². The monoisotopic (exact) mass is 275 g/mol. The highest BCUT2D eigenvalue weighted by Gasteiger charge is 2.17. The van der Waals surface area contributed by atoms with E-state index in [0.29, 0.717) is 6.54 Å². The third kappa shape index (κ3) is 7.94. The van der Waals surface area contributed by atoms with Gasteiger partial charge in [-0.1, -0.05) is 6.92 Å². The molecule has 0 bridgehead atoms. The molecule has 104 valence electrons. The molecule has 0 aromatic rings. The first kappa shape index (κ1) is 16.8. The van der Waals surface area contributed by atoms with Gasteiger partial charge in [-0.25, -0.2) is 0 Å².